The standard InChI is InChI=1S/C15H13N3O/c16-10-13-12-8-4-5-9-14(12)17-18(15(13)19)11-6-2-1-3-7-11/h1-3,6-7H,4-5,8-9H2. The smallest absolute Gasteiger partial charge is 0.266 e. The summed E-state index contributed by atoms with van der Waals surface area (Å²) in [5.41, 5.74) is 2.40. The number of aromatic nitrogens is 2. The highest BCUT2D eigenvalue weighted by Gasteiger charge is 2.20. The van der Waals surface area contributed by atoms with Gasteiger partial charge in [0.2, 0.25) is 0 Å². The van der Waals surface area contributed by atoms with E-state index in [9.17, 15) is 10.1 Å². The molecule has 1 aromatic heterocycles. The van der Waals surface area contributed by atoms with Crippen LogP contribution in [0, 0.1) is 11.3 Å². The van der Waals surface area contributed by atoms with Crippen LogP contribution in [0.15, 0.2) is 35.1 Å². The van der Waals surface area contributed by atoms with Crippen LogP contribution in [0.25, 0.3) is 5.69 Å². The average molecular weight is 251 g/mol. The molecular formula is C15H13N3O. The van der Waals surface area contributed by atoms with Crippen LogP contribution in [0.2, 0.25) is 0 Å². The van der Waals surface area contributed by atoms with Crippen molar-refractivity contribution in [2.45, 2.75) is 25.7 Å². The Morgan fingerprint density at radius 1 is 1.16 bits per heavy atom. The number of nitriles is 1. The largest absolute Gasteiger partial charge is 0.289 e. The molecule has 3 rings (SSSR count). The number of aryl methyl sites for hydroxylation is 1. The lowest BCUT2D eigenvalue weighted by atomic mass is 9.93. The van der Waals surface area contributed by atoms with Gasteiger partial charge < -0.3 is 0 Å². The minimum absolute atomic E-state index is 0.258. The molecule has 0 bridgehead atoms. The van der Waals surface area contributed by atoms with Crippen LogP contribution in [0.3, 0.4) is 0 Å². The minimum atomic E-state index is -0.311. The van der Waals surface area contributed by atoms with Gasteiger partial charge in [0.15, 0.2) is 0 Å². The van der Waals surface area contributed by atoms with Crippen molar-refractivity contribution < 1.29 is 0 Å². The van der Waals surface area contributed by atoms with Gasteiger partial charge in [0.25, 0.3) is 5.56 Å². The number of nitrogens with zero attached hydrogens (tertiary/aromatic N) is 3. The van der Waals surface area contributed by atoms with Crippen LogP contribution in [0.5, 0.6) is 0 Å². The topological polar surface area (TPSA) is 58.7 Å². The fraction of sp³-hybridized carbons (Fsp3) is 0.267. The van der Waals surface area contributed by atoms with Crippen LogP contribution >= 0.6 is 0 Å². The van der Waals surface area contributed by atoms with Crippen LogP contribution in [0.4, 0.5) is 0 Å². The van der Waals surface area contributed by atoms with Gasteiger partial charge in [-0.15, -0.1) is 0 Å². The Morgan fingerprint density at radius 2 is 1.89 bits per heavy atom. The molecule has 0 aliphatic heterocycles. The SMILES string of the molecule is N#Cc1c2c(nn(-c3ccccc3)c1=O)CCCC2. The van der Waals surface area contributed by atoms with Gasteiger partial charge in [-0.05, 0) is 43.4 Å². The van der Waals surface area contributed by atoms with Gasteiger partial charge >= 0.3 is 0 Å². The predicted molar refractivity (Wildman–Crippen MR) is 71.2 cm³/mol. The zero-order chi connectivity index (χ0) is 13.2. The molecule has 1 aliphatic rings. The van der Waals surface area contributed by atoms with Gasteiger partial charge in [-0.1, -0.05) is 18.2 Å². The molecule has 0 N–H and O–H groups in total. The number of para-hydroxylation sites is 1. The van der Waals surface area contributed by atoms with E-state index in [0.717, 1.165) is 36.9 Å². The minimum Gasteiger partial charge on any atom is -0.266 e. The van der Waals surface area contributed by atoms with Crippen molar-refractivity contribution in [2.75, 3.05) is 0 Å². The molecule has 1 heterocycles. The van der Waals surface area contributed by atoms with E-state index in [0.29, 0.717) is 5.69 Å². The monoisotopic (exact) mass is 251 g/mol. The number of hydrogen-bond donors (Lipinski definition) is 0. The van der Waals surface area contributed by atoms with E-state index in [1.54, 1.807) is 0 Å². The van der Waals surface area contributed by atoms with Crippen LogP contribution in [-0.2, 0) is 12.8 Å². The Balaban J connectivity index is 2.28. The summed E-state index contributed by atoms with van der Waals surface area (Å²) in [5.74, 6) is 0. The fourth-order valence-electron chi connectivity index (χ4n) is 2.53. The third-order valence-electron chi connectivity index (χ3n) is 3.48. The van der Waals surface area contributed by atoms with E-state index >= 15 is 0 Å². The van der Waals surface area contributed by atoms with Crippen molar-refractivity contribution in [3.05, 3.63) is 57.5 Å². The number of fused-ring (bicyclic) bond motifs is 1. The highest BCUT2D eigenvalue weighted by molar-refractivity contribution is 5.42. The molecule has 0 amide bonds. The number of benzene rings is 1. The van der Waals surface area contributed by atoms with E-state index in [1.807, 2.05) is 30.3 Å². The molecule has 0 saturated carbocycles. The molecule has 0 fully saturated rings. The molecule has 0 radical (unpaired) electrons. The lowest BCUT2D eigenvalue weighted by Crippen LogP contribution is -2.28. The van der Waals surface area contributed by atoms with E-state index < -0.39 is 0 Å². The highest BCUT2D eigenvalue weighted by Crippen LogP contribution is 2.20. The number of rotatable bonds is 1. The molecule has 94 valence electrons. The quantitative estimate of drug-likeness (QED) is 0.778. The number of hydrogen-bond acceptors (Lipinski definition) is 3. The Labute approximate surface area is 110 Å². The summed E-state index contributed by atoms with van der Waals surface area (Å²) < 4.78 is 1.35. The second-order valence-electron chi connectivity index (χ2n) is 4.67. The maximum absolute atomic E-state index is 12.4. The average Bonchev–Trinajstić information content (AvgIpc) is 2.47. The first-order valence-electron chi connectivity index (χ1n) is 6.42. The predicted octanol–water partition coefficient (Wildman–Crippen LogP) is 1.98. The van der Waals surface area contributed by atoms with Crippen molar-refractivity contribution in [1.82, 2.24) is 9.78 Å². The van der Waals surface area contributed by atoms with Crippen molar-refractivity contribution in [1.29, 1.82) is 5.26 Å². The second-order valence-corrected chi connectivity index (χ2v) is 4.67. The van der Waals surface area contributed by atoms with Gasteiger partial charge in [-0.25, -0.2) is 0 Å². The zero-order valence-electron chi connectivity index (χ0n) is 10.5. The first-order chi connectivity index (χ1) is 9.31. The van der Waals surface area contributed by atoms with Gasteiger partial charge in [0.1, 0.15) is 11.6 Å². The summed E-state index contributed by atoms with van der Waals surface area (Å²) in [4.78, 5) is 12.4. The second kappa shape index (κ2) is 4.69. The molecular weight excluding hydrogens is 238 g/mol. The molecule has 4 nitrogen and oxygen atoms in total. The summed E-state index contributed by atoms with van der Waals surface area (Å²) >= 11 is 0. The van der Waals surface area contributed by atoms with Crippen LogP contribution < -0.4 is 5.56 Å². The lowest BCUT2D eigenvalue weighted by molar-refractivity contribution is 0.627. The Morgan fingerprint density at radius 3 is 2.63 bits per heavy atom. The normalized spacial score (nSPS) is 13.6. The van der Waals surface area contributed by atoms with E-state index in [-0.39, 0.29) is 11.1 Å². The Kier molecular flexibility index (Phi) is 2.88. The first-order valence-corrected chi connectivity index (χ1v) is 6.42. The molecule has 1 aliphatic carbocycles. The lowest BCUT2D eigenvalue weighted by Gasteiger charge is -2.17. The van der Waals surface area contributed by atoms with Gasteiger partial charge in [-0.2, -0.15) is 15.0 Å². The first kappa shape index (κ1) is 11.7. The Bertz CT molecular complexity index is 711. The zero-order valence-corrected chi connectivity index (χ0v) is 10.5. The highest BCUT2D eigenvalue weighted by atomic mass is 16.1. The molecule has 19 heavy (non-hydrogen) atoms. The molecule has 4 heteroatoms. The molecule has 2 aromatic rings. The van der Waals surface area contributed by atoms with Crippen LogP contribution in [-0.4, -0.2) is 9.78 Å². The Hall–Kier alpha value is -2.41. The van der Waals surface area contributed by atoms with Crippen molar-refractivity contribution in [3.8, 4) is 11.8 Å². The molecule has 0 unspecified atom stereocenters. The van der Waals surface area contributed by atoms with Gasteiger partial charge in [0, 0.05) is 0 Å². The summed E-state index contributed by atoms with van der Waals surface area (Å²) in [6.45, 7) is 0. The summed E-state index contributed by atoms with van der Waals surface area (Å²) in [6, 6.07) is 11.3. The molecule has 0 spiro atoms. The third kappa shape index (κ3) is 1.93. The van der Waals surface area contributed by atoms with E-state index in [1.165, 1.54) is 4.68 Å². The molecule has 1 aromatic carbocycles. The summed E-state index contributed by atoms with van der Waals surface area (Å²) in [6.07, 6.45) is 3.73. The van der Waals surface area contributed by atoms with Gasteiger partial charge in [0.05, 0.1) is 11.4 Å². The van der Waals surface area contributed by atoms with Crippen LogP contribution in [0.1, 0.15) is 29.7 Å². The van der Waals surface area contributed by atoms with Crippen molar-refractivity contribution in [2.24, 2.45) is 0 Å². The van der Waals surface area contributed by atoms with E-state index in [2.05, 4.69) is 11.2 Å². The third-order valence-corrected chi connectivity index (χ3v) is 3.48. The molecule has 0 atom stereocenters. The van der Waals surface area contributed by atoms with Crippen molar-refractivity contribution >= 4 is 0 Å². The summed E-state index contributed by atoms with van der Waals surface area (Å²) in [7, 11) is 0. The molecule has 0 saturated heterocycles. The fourth-order valence-corrected chi connectivity index (χ4v) is 2.53. The van der Waals surface area contributed by atoms with Crippen molar-refractivity contribution in [3.63, 3.8) is 0 Å². The van der Waals surface area contributed by atoms with E-state index in [4.69, 9.17) is 0 Å². The maximum atomic E-state index is 12.4. The summed E-state index contributed by atoms with van der Waals surface area (Å²) in [5, 5.41) is 13.7. The van der Waals surface area contributed by atoms with Gasteiger partial charge in [-0.3, -0.25) is 4.79 Å². The maximum Gasteiger partial charge on any atom is 0.289 e.